The Hall–Kier alpha value is -0.311. The fraction of sp³-hybridized carbons (Fsp3) is 0.625. The van der Waals surface area contributed by atoms with Crippen LogP contribution in [-0.4, -0.2) is 25.1 Å². The average molecular weight is 359 g/mol. The van der Waals surface area contributed by atoms with Crippen molar-refractivity contribution in [3.63, 3.8) is 0 Å². The molecule has 1 aromatic carbocycles. The Morgan fingerprint density at radius 3 is 2.45 bits per heavy atom. The topological polar surface area (TPSA) is 26.3 Å². The van der Waals surface area contributed by atoms with Crippen molar-refractivity contribution >= 4 is 27.4 Å². The van der Waals surface area contributed by atoms with Crippen LogP contribution in [0, 0.1) is 6.92 Å². The summed E-state index contributed by atoms with van der Waals surface area (Å²) in [5.41, 5.74) is 1.15. The first kappa shape index (κ1) is 16.1. The van der Waals surface area contributed by atoms with Gasteiger partial charge < -0.3 is 0 Å². The number of hydrogen-bond donors (Lipinski definition) is 0. The van der Waals surface area contributed by atoms with E-state index in [-0.39, 0.29) is 0 Å². The number of rotatable bonds is 4. The van der Waals surface area contributed by atoms with Crippen LogP contribution in [0.2, 0.25) is 0 Å². The first-order valence-electron chi connectivity index (χ1n) is 7.44. The monoisotopic (exact) mass is 360 g/mol. The standard InChI is InChI=1S/C16H24O2SSe/c1-13-10-11-15(20(17)19-2)12-16(13)18-14-8-6-4-3-5-7-9-14/h10-12,14H,3-9H2,1-2H3. The maximum atomic E-state index is 12.0. The van der Waals surface area contributed by atoms with E-state index in [0.717, 1.165) is 28.6 Å². The predicted molar refractivity (Wildman–Crippen MR) is 87.5 cm³/mol. The van der Waals surface area contributed by atoms with Gasteiger partial charge in [0.15, 0.2) is 0 Å². The van der Waals surface area contributed by atoms with E-state index in [2.05, 4.69) is 6.92 Å². The molecule has 0 spiro atoms. The van der Waals surface area contributed by atoms with Gasteiger partial charge in [-0.3, -0.25) is 0 Å². The molecule has 0 N–H and O–H groups in total. The summed E-state index contributed by atoms with van der Waals surface area (Å²) in [4.78, 5) is 0. The summed E-state index contributed by atoms with van der Waals surface area (Å²) in [6.07, 6.45) is 11.1. The van der Waals surface area contributed by atoms with E-state index in [1.807, 2.05) is 24.5 Å². The van der Waals surface area contributed by atoms with Crippen LogP contribution in [-0.2, 0) is 3.83 Å². The minimum absolute atomic E-state index is 0.337. The van der Waals surface area contributed by atoms with Crippen LogP contribution in [0.1, 0.15) is 50.5 Å². The first-order valence-corrected chi connectivity index (χ1v) is 12.2. The van der Waals surface area contributed by atoms with Gasteiger partial charge in [0.25, 0.3) is 0 Å². The van der Waals surface area contributed by atoms with Crippen molar-refractivity contribution in [3.8, 4) is 5.75 Å². The molecule has 1 aromatic rings. The van der Waals surface area contributed by atoms with Crippen LogP contribution in [0.4, 0.5) is 0 Å². The Labute approximate surface area is 129 Å². The molecule has 4 heteroatoms. The van der Waals surface area contributed by atoms with E-state index in [0.29, 0.717) is 6.10 Å². The van der Waals surface area contributed by atoms with Crippen molar-refractivity contribution in [2.45, 2.75) is 58.0 Å². The van der Waals surface area contributed by atoms with Crippen LogP contribution in [0.15, 0.2) is 18.2 Å². The molecule has 1 unspecified atom stereocenters. The van der Waals surface area contributed by atoms with Gasteiger partial charge in [-0.15, -0.1) is 0 Å². The zero-order chi connectivity index (χ0) is 14.4. The van der Waals surface area contributed by atoms with E-state index in [9.17, 15) is 3.83 Å². The SMILES string of the molecule is CS[Se](=O)c1ccc(C)c(OC2CCCCCCC2)c1. The molecular formula is C16H24O2SSe. The molecule has 2 nitrogen and oxygen atoms in total. The Morgan fingerprint density at radius 2 is 1.80 bits per heavy atom. The Kier molecular flexibility index (Phi) is 6.60. The number of ether oxygens (including phenoxy) is 1. The molecule has 0 radical (unpaired) electrons. The zero-order valence-corrected chi connectivity index (χ0v) is 14.9. The second kappa shape index (κ2) is 8.21. The fourth-order valence-electron chi connectivity index (χ4n) is 2.62. The maximum absolute atomic E-state index is 12.0. The average Bonchev–Trinajstić information content (AvgIpc) is 2.43. The molecular weight excluding hydrogens is 335 g/mol. The van der Waals surface area contributed by atoms with Gasteiger partial charge in [0.05, 0.1) is 0 Å². The molecule has 1 atom stereocenters. The van der Waals surface area contributed by atoms with E-state index in [4.69, 9.17) is 4.74 Å². The van der Waals surface area contributed by atoms with Crippen LogP contribution >= 0.6 is 10.2 Å². The van der Waals surface area contributed by atoms with Crippen molar-refractivity contribution in [1.82, 2.24) is 0 Å². The predicted octanol–water partition coefficient (Wildman–Crippen LogP) is 3.98. The molecule has 1 fully saturated rings. The summed E-state index contributed by atoms with van der Waals surface area (Å²) in [5, 5.41) is 0. The van der Waals surface area contributed by atoms with Crippen molar-refractivity contribution < 1.29 is 8.57 Å². The zero-order valence-electron chi connectivity index (χ0n) is 12.4. The van der Waals surface area contributed by atoms with Gasteiger partial charge in [-0.25, -0.2) is 0 Å². The molecule has 112 valence electrons. The third-order valence-corrected chi connectivity index (χ3v) is 8.40. The molecule has 1 aliphatic carbocycles. The summed E-state index contributed by atoms with van der Waals surface area (Å²) < 4.78 is 19.2. The molecule has 20 heavy (non-hydrogen) atoms. The van der Waals surface area contributed by atoms with Gasteiger partial charge in [0.1, 0.15) is 0 Å². The third-order valence-electron chi connectivity index (χ3n) is 3.85. The molecule has 2 rings (SSSR count). The van der Waals surface area contributed by atoms with Crippen molar-refractivity contribution in [3.05, 3.63) is 23.8 Å². The van der Waals surface area contributed by atoms with Gasteiger partial charge in [-0.1, -0.05) is 0 Å². The van der Waals surface area contributed by atoms with Gasteiger partial charge in [-0.2, -0.15) is 0 Å². The normalized spacial score (nSPS) is 19.1. The Bertz CT molecular complexity index is 454. The Morgan fingerprint density at radius 1 is 1.15 bits per heavy atom. The molecule has 0 bridgehead atoms. The van der Waals surface area contributed by atoms with E-state index < -0.39 is 12.7 Å². The summed E-state index contributed by atoms with van der Waals surface area (Å²) >= 11 is -1.94. The number of hydrogen-bond acceptors (Lipinski definition) is 3. The van der Waals surface area contributed by atoms with Crippen molar-refractivity contribution in [2.75, 3.05) is 6.26 Å². The van der Waals surface area contributed by atoms with Crippen LogP contribution in [0.5, 0.6) is 5.75 Å². The molecule has 0 heterocycles. The second-order valence-electron chi connectivity index (χ2n) is 5.41. The van der Waals surface area contributed by atoms with E-state index >= 15 is 0 Å². The van der Waals surface area contributed by atoms with Crippen LogP contribution in [0.3, 0.4) is 0 Å². The van der Waals surface area contributed by atoms with Crippen molar-refractivity contribution in [1.29, 1.82) is 0 Å². The number of aryl methyl sites for hydroxylation is 1. The first-order chi connectivity index (χ1) is 9.70. The Balaban J connectivity index is 2.08. The molecule has 0 aliphatic heterocycles. The molecule has 1 saturated carbocycles. The molecule has 1 aliphatic rings. The molecule has 0 saturated heterocycles. The van der Waals surface area contributed by atoms with Gasteiger partial charge in [-0.05, 0) is 0 Å². The van der Waals surface area contributed by atoms with Crippen LogP contribution < -0.4 is 9.20 Å². The van der Waals surface area contributed by atoms with Gasteiger partial charge in [0.2, 0.25) is 0 Å². The van der Waals surface area contributed by atoms with Gasteiger partial charge in [0, 0.05) is 0 Å². The van der Waals surface area contributed by atoms with Crippen LogP contribution in [0.25, 0.3) is 0 Å². The number of benzene rings is 1. The fourth-order valence-corrected chi connectivity index (χ4v) is 5.37. The molecule has 0 aromatic heterocycles. The summed E-state index contributed by atoms with van der Waals surface area (Å²) in [6.45, 7) is 2.07. The van der Waals surface area contributed by atoms with E-state index in [1.54, 1.807) is 0 Å². The summed E-state index contributed by atoms with van der Waals surface area (Å²) in [7, 11) is 1.46. The quantitative estimate of drug-likeness (QED) is 0.761. The summed E-state index contributed by atoms with van der Waals surface area (Å²) in [6, 6.07) is 6.02. The van der Waals surface area contributed by atoms with Crippen molar-refractivity contribution in [2.24, 2.45) is 0 Å². The molecule has 0 amide bonds. The second-order valence-corrected chi connectivity index (χ2v) is 11.4. The summed E-state index contributed by atoms with van der Waals surface area (Å²) in [5.74, 6) is 0.937. The van der Waals surface area contributed by atoms with Gasteiger partial charge >= 0.3 is 130 Å². The van der Waals surface area contributed by atoms with E-state index in [1.165, 1.54) is 42.3 Å². The third kappa shape index (κ3) is 4.61. The minimum atomic E-state index is -1.94.